The summed E-state index contributed by atoms with van der Waals surface area (Å²) >= 11 is 10.7. The fourth-order valence-corrected chi connectivity index (χ4v) is 15.3. The molecule has 2 unspecified atom stereocenters. The summed E-state index contributed by atoms with van der Waals surface area (Å²) in [6, 6.07) is -1.89. The maximum atomic E-state index is 13.3. The van der Waals surface area contributed by atoms with Crippen molar-refractivity contribution in [3.05, 3.63) is 0 Å². The molecule has 19 nitrogen and oxygen atoms in total. The first-order valence-electron chi connectivity index (χ1n) is 43.9. The van der Waals surface area contributed by atoms with Crippen molar-refractivity contribution in [3.8, 4) is 0 Å². The molecule has 6 N–H and O–H groups in total. The largest absolute Gasteiger partial charge is 0.462 e. The highest BCUT2D eigenvalue weighted by atomic mass is 32.5. The Morgan fingerprint density at radius 1 is 0.302 bits per heavy atom. The first kappa shape index (κ1) is 104. The van der Waals surface area contributed by atoms with E-state index in [0.29, 0.717) is 51.7 Å². The highest BCUT2D eigenvalue weighted by Gasteiger charge is 2.24. The number of esters is 2. The number of urea groups is 1. The Morgan fingerprint density at radius 2 is 0.547 bits per heavy atom. The van der Waals surface area contributed by atoms with Crippen LogP contribution in [-0.4, -0.2) is 130 Å². The monoisotopic (exact) mass is 1580 g/mol. The highest BCUT2D eigenvalue weighted by Crippen LogP contribution is 2.44. The van der Waals surface area contributed by atoms with Crippen LogP contribution in [0.25, 0.3) is 0 Å². The van der Waals surface area contributed by atoms with Crippen LogP contribution in [0.2, 0.25) is 0 Å². The molecule has 0 aliphatic heterocycles. The second-order valence-electron chi connectivity index (χ2n) is 30.0. The van der Waals surface area contributed by atoms with E-state index in [1.165, 1.54) is 180 Å². The first-order chi connectivity index (χ1) is 51.5. The number of unbranched alkanes of at least 4 members (excludes halogenated alkanes) is 44. The van der Waals surface area contributed by atoms with Crippen LogP contribution in [0.5, 0.6) is 0 Å². The van der Waals surface area contributed by atoms with E-state index in [9.17, 15) is 33.8 Å². The lowest BCUT2D eigenvalue weighted by atomic mass is 10.1. The molecule has 0 aromatic rings. The van der Waals surface area contributed by atoms with Crippen molar-refractivity contribution in [2.24, 2.45) is 0 Å². The van der Waals surface area contributed by atoms with Crippen LogP contribution >= 0.6 is 13.4 Å². The van der Waals surface area contributed by atoms with Crippen molar-refractivity contribution in [3.63, 3.8) is 0 Å². The number of carbonyl (C=O) groups is 5. The molecule has 0 heterocycles. The Kier molecular flexibility index (Phi) is 77.0. The number of rotatable bonds is 84. The molecule has 0 aromatic heterocycles. The maximum absolute atomic E-state index is 13.3. The van der Waals surface area contributed by atoms with E-state index >= 15 is 0 Å². The molecule has 0 radical (unpaired) electrons. The van der Waals surface area contributed by atoms with Crippen LogP contribution in [0.15, 0.2) is 0 Å². The Balaban J connectivity index is 5.56. The lowest BCUT2D eigenvalue weighted by molar-refractivity contribution is -0.151. The topological polar surface area (TPSA) is 248 Å². The third-order valence-electron chi connectivity index (χ3n) is 19.5. The Hall–Kier alpha value is -1.87. The average Bonchev–Trinajstić information content (AvgIpc) is 0.919. The normalized spacial score (nSPS) is 13.9. The van der Waals surface area contributed by atoms with Gasteiger partial charge in [0.1, 0.15) is 12.2 Å². The zero-order chi connectivity index (χ0) is 77.8. The van der Waals surface area contributed by atoms with E-state index in [4.69, 9.17) is 60.7 Å². The van der Waals surface area contributed by atoms with Crippen molar-refractivity contribution < 1.29 is 70.8 Å². The zero-order valence-electron chi connectivity index (χ0n) is 68.8. The van der Waals surface area contributed by atoms with Gasteiger partial charge in [-0.1, -0.05) is 324 Å². The van der Waals surface area contributed by atoms with Gasteiger partial charge < -0.3 is 68.1 Å². The van der Waals surface area contributed by atoms with Gasteiger partial charge >= 0.3 is 31.4 Å². The van der Waals surface area contributed by atoms with Crippen LogP contribution in [0, 0.1) is 0 Å². The molecule has 6 atom stereocenters. The average molecular weight is 1580 g/mol. The van der Waals surface area contributed by atoms with Gasteiger partial charge in [0.2, 0.25) is 11.8 Å². The Bertz CT molecular complexity index is 1970. The van der Waals surface area contributed by atoms with E-state index in [2.05, 4.69) is 62.8 Å². The predicted octanol–water partition coefficient (Wildman–Crippen LogP) is 22.4. The van der Waals surface area contributed by atoms with Crippen molar-refractivity contribution in [2.45, 2.75) is 438 Å². The number of hydrogen-bond donors (Lipinski definition) is 6. The van der Waals surface area contributed by atoms with Gasteiger partial charge in [-0.2, -0.15) is 0 Å². The molecule has 0 fully saturated rings. The minimum Gasteiger partial charge on any atom is -0.462 e. The number of carbonyl (C=O) groups excluding carboxylic acids is 5. The summed E-state index contributed by atoms with van der Waals surface area (Å²) in [7, 11) is 0. The minimum absolute atomic E-state index is 0.0411. The highest BCUT2D eigenvalue weighted by molar-refractivity contribution is 8.07. The van der Waals surface area contributed by atoms with Crippen molar-refractivity contribution in [1.82, 2.24) is 21.3 Å². The van der Waals surface area contributed by atoms with Crippen molar-refractivity contribution in [1.29, 1.82) is 0 Å². The van der Waals surface area contributed by atoms with Gasteiger partial charge in [0.05, 0.1) is 64.9 Å². The standard InChI is InChI=1S/C83H164N4O15P2S2/c1-7-13-19-25-29-33-35-39-41-47-53-59-79(88)86-75(71-95-67-63-77(57-51-45-23-17-11-5)101-81(90)61-55-49-43-37-31-27-21-15-9-3)73-99-103(93,105)97-69-65-84-83(92)85-66-70-98-104(94,106)100-74-76(87-80(89)60-54-48-42-40-36-34-30-26-20-14-8-2)72-96-68-64-78(58-52-46-24-18-12-6)102-82(91)62-56-50-44-38-32-28-22-16-10-4/h75-78H,7-74H2,1-6H3,(H,86,88)(H,87,89)(H,93,105)(H,94,106)(H2,84,85,92)/t75-,76-,77-,78-,103?,104?/m1/s1. The molecule has 23 heteroatoms. The molecule has 0 saturated carbocycles. The van der Waals surface area contributed by atoms with Gasteiger partial charge in [0, 0.05) is 51.6 Å². The third kappa shape index (κ3) is 74.9. The molecule has 4 amide bonds. The number of nitrogens with one attached hydrogen (secondary N) is 4. The fourth-order valence-electron chi connectivity index (χ4n) is 12.9. The van der Waals surface area contributed by atoms with Gasteiger partial charge in [0.25, 0.3) is 0 Å². The molecule has 628 valence electrons. The van der Waals surface area contributed by atoms with Crippen molar-refractivity contribution >= 4 is 66.8 Å². The Labute approximate surface area is 659 Å². The van der Waals surface area contributed by atoms with Gasteiger partial charge in [-0.25, -0.2) is 4.79 Å². The van der Waals surface area contributed by atoms with E-state index in [-0.39, 0.29) is 88.7 Å². The number of hydrogen-bond acceptors (Lipinski definition) is 15. The summed E-state index contributed by atoms with van der Waals surface area (Å²) in [4.78, 5) is 87.9. The maximum Gasteiger partial charge on any atom is 0.324 e. The zero-order valence-corrected chi connectivity index (χ0v) is 72.2. The molecule has 0 aliphatic carbocycles. The van der Waals surface area contributed by atoms with E-state index in [1.807, 2.05) is 0 Å². The number of amides is 4. The lowest BCUT2D eigenvalue weighted by Crippen LogP contribution is -2.41. The second-order valence-corrected chi connectivity index (χ2v) is 35.7. The molecule has 0 aliphatic rings. The van der Waals surface area contributed by atoms with Crippen LogP contribution < -0.4 is 21.3 Å². The molecular weight excluding hydrogens is 1420 g/mol. The van der Waals surface area contributed by atoms with Gasteiger partial charge in [0.15, 0.2) is 0 Å². The second kappa shape index (κ2) is 78.4. The molecule has 0 rings (SSSR count). The fraction of sp³-hybridized carbons (Fsp3) is 0.940. The summed E-state index contributed by atoms with van der Waals surface area (Å²) in [5.41, 5.74) is 0. The molecule has 106 heavy (non-hydrogen) atoms. The molecule has 0 aromatic carbocycles. The number of ether oxygens (including phenoxy) is 4. The quantitative estimate of drug-likeness (QED) is 0.0188. The van der Waals surface area contributed by atoms with E-state index in [1.54, 1.807) is 0 Å². The van der Waals surface area contributed by atoms with Gasteiger partial charge in [-0.15, -0.1) is 0 Å². The predicted molar refractivity (Wildman–Crippen MR) is 445 cm³/mol. The molecule has 0 bridgehead atoms. The summed E-state index contributed by atoms with van der Waals surface area (Å²) < 4.78 is 47.1. The molecule has 0 spiro atoms. The van der Waals surface area contributed by atoms with Crippen molar-refractivity contribution in [2.75, 3.05) is 65.9 Å². The van der Waals surface area contributed by atoms with Crippen LogP contribution in [-0.2, 0) is 79.8 Å². The summed E-state index contributed by atoms with van der Waals surface area (Å²) in [6.45, 7) is 5.58. The Morgan fingerprint density at radius 3 is 0.821 bits per heavy atom. The first-order valence-corrected chi connectivity index (χ1v) is 49.1. The smallest absolute Gasteiger partial charge is 0.324 e. The lowest BCUT2D eigenvalue weighted by Gasteiger charge is -2.23. The summed E-state index contributed by atoms with van der Waals surface area (Å²) in [5, 5.41) is 11.3. The van der Waals surface area contributed by atoms with Crippen LogP contribution in [0.4, 0.5) is 4.79 Å². The molecular formula is C83H164N4O15P2S2. The van der Waals surface area contributed by atoms with E-state index in [0.717, 1.165) is 154 Å². The van der Waals surface area contributed by atoms with Crippen LogP contribution in [0.1, 0.15) is 414 Å². The minimum atomic E-state index is -3.85. The van der Waals surface area contributed by atoms with E-state index < -0.39 is 31.6 Å². The summed E-state index contributed by atoms with van der Waals surface area (Å²) in [5.74, 6) is -0.627. The molecule has 0 saturated heterocycles. The summed E-state index contributed by atoms with van der Waals surface area (Å²) in [6.07, 6.45) is 61.5. The van der Waals surface area contributed by atoms with Crippen LogP contribution in [0.3, 0.4) is 0 Å². The van der Waals surface area contributed by atoms with Gasteiger partial charge in [-0.05, 0) is 75.0 Å². The van der Waals surface area contributed by atoms with Gasteiger partial charge in [-0.3, -0.25) is 19.2 Å². The third-order valence-corrected chi connectivity index (χ3v) is 22.8. The SMILES string of the molecule is CCCCCCCCCCCCCC(=O)N[C@H](COCC[C@@H](CCCCCCC)OC(=O)CCCCCCCCCCC)COP(O)(=S)OCCNC(=O)NCCOP(O)(=S)OC[C@@H](COCC[C@@H](CCCCCCC)OC(=O)CCCCCCCCCCC)NC(=O)CCCCCCCCCCCCC.